The molecule has 1 aliphatic rings. The number of benzene rings is 2. The van der Waals surface area contributed by atoms with Gasteiger partial charge in [0, 0.05) is 13.0 Å². The molecule has 2 aromatic carbocycles. The third-order valence-corrected chi connectivity index (χ3v) is 5.30. The van der Waals surface area contributed by atoms with Crippen LogP contribution in [0.5, 0.6) is 0 Å². The molecule has 4 N–H and O–H groups in total. The number of nitrogens with two attached hydrogens (primary N) is 1. The number of hydrogen-bond donors (Lipinski definition) is 3. The zero-order valence-corrected chi connectivity index (χ0v) is 15.6. The molecule has 29 heavy (non-hydrogen) atoms. The minimum atomic E-state index is -1.70. The van der Waals surface area contributed by atoms with Crippen molar-refractivity contribution in [3.8, 4) is 0 Å². The summed E-state index contributed by atoms with van der Waals surface area (Å²) in [6, 6.07) is 10.4. The van der Waals surface area contributed by atoms with E-state index in [1.165, 1.54) is 4.90 Å². The number of Topliss-reactive ketones (excluding diaryl/α,β-unsaturated/α-hetero) is 1. The first-order valence-electron chi connectivity index (χ1n) is 9.25. The number of hydrogen-bond acceptors (Lipinski definition) is 6. The Morgan fingerprint density at radius 3 is 2.55 bits per heavy atom. The smallest absolute Gasteiger partial charge is 0.321 e. The molecule has 2 aromatic rings. The monoisotopic (exact) mass is 398 g/mol. The molecule has 4 atom stereocenters. The maximum atomic E-state index is 13.0. The first-order valence-corrected chi connectivity index (χ1v) is 9.25. The Kier molecular flexibility index (Phi) is 6.05. The lowest BCUT2D eigenvalue weighted by Crippen LogP contribution is -2.50. The predicted molar refractivity (Wildman–Crippen MR) is 104 cm³/mol. The molecule has 1 unspecified atom stereocenters. The van der Waals surface area contributed by atoms with Crippen molar-refractivity contribution in [1.29, 1.82) is 0 Å². The van der Waals surface area contributed by atoms with Crippen molar-refractivity contribution in [3.63, 3.8) is 0 Å². The van der Waals surface area contributed by atoms with Crippen LogP contribution in [-0.4, -0.2) is 63.8 Å². The van der Waals surface area contributed by atoms with Gasteiger partial charge in [-0.1, -0.05) is 42.5 Å². The standard InChI is InChI=1S/C21H22N2O6/c22-19(21(28)29)16(11-24)20(27)17-9-14(25)10-23(17)18(26)8-13-6-3-5-12-4-1-2-7-15(12)13/h1-7,11,14,16-17,19,25H,8-10,22H2,(H,28,29)/t14-,16-,17+,19?/m1/s1. The molecule has 1 amide bonds. The number of fused-ring (bicyclic) bond motifs is 1. The van der Waals surface area contributed by atoms with Crippen molar-refractivity contribution in [2.75, 3.05) is 6.54 Å². The minimum absolute atomic E-state index is 0.00853. The van der Waals surface area contributed by atoms with Crippen LogP contribution < -0.4 is 5.73 Å². The second kappa shape index (κ2) is 8.50. The van der Waals surface area contributed by atoms with Gasteiger partial charge in [0.25, 0.3) is 0 Å². The zero-order valence-electron chi connectivity index (χ0n) is 15.6. The molecule has 0 radical (unpaired) electrons. The fraction of sp³-hybridized carbons (Fsp3) is 0.333. The summed E-state index contributed by atoms with van der Waals surface area (Å²) in [5.41, 5.74) is 6.24. The Morgan fingerprint density at radius 1 is 1.17 bits per heavy atom. The van der Waals surface area contributed by atoms with Crippen LogP contribution in [0.15, 0.2) is 42.5 Å². The van der Waals surface area contributed by atoms with E-state index < -0.39 is 35.9 Å². The second-order valence-corrected chi connectivity index (χ2v) is 7.19. The number of amides is 1. The van der Waals surface area contributed by atoms with Crippen LogP contribution >= 0.6 is 0 Å². The minimum Gasteiger partial charge on any atom is -0.480 e. The molecule has 152 valence electrons. The first-order chi connectivity index (χ1) is 13.8. The van der Waals surface area contributed by atoms with Crippen molar-refractivity contribution in [2.45, 2.75) is 31.0 Å². The molecule has 0 aromatic heterocycles. The van der Waals surface area contributed by atoms with Gasteiger partial charge in [0.15, 0.2) is 5.78 Å². The highest BCUT2D eigenvalue weighted by Gasteiger charge is 2.43. The molecule has 0 saturated carbocycles. The highest BCUT2D eigenvalue weighted by atomic mass is 16.4. The Hall–Kier alpha value is -3.10. The average molecular weight is 398 g/mol. The molecule has 1 saturated heterocycles. The van der Waals surface area contributed by atoms with E-state index in [0.717, 1.165) is 16.3 Å². The molecule has 1 fully saturated rings. The van der Waals surface area contributed by atoms with Crippen LogP contribution in [0.3, 0.4) is 0 Å². The van der Waals surface area contributed by atoms with Gasteiger partial charge in [0.1, 0.15) is 18.2 Å². The number of carbonyl (C=O) groups excluding carboxylic acids is 3. The summed E-state index contributed by atoms with van der Waals surface area (Å²) in [6.45, 7) is -0.0616. The Labute approximate surface area is 166 Å². The van der Waals surface area contributed by atoms with Gasteiger partial charge in [-0.05, 0) is 16.3 Å². The highest BCUT2D eigenvalue weighted by Crippen LogP contribution is 2.25. The number of rotatable bonds is 7. The summed E-state index contributed by atoms with van der Waals surface area (Å²) in [5.74, 6) is -4.22. The number of aliphatic carboxylic acids is 1. The number of β-amino-alcohol motifs (C(OH)–C–C–N with tert-alkyl or cyclic N) is 1. The molecule has 0 bridgehead atoms. The van der Waals surface area contributed by atoms with E-state index in [0.29, 0.717) is 0 Å². The number of carbonyl (C=O) groups is 4. The molecule has 8 nitrogen and oxygen atoms in total. The van der Waals surface area contributed by atoms with Crippen LogP contribution in [-0.2, 0) is 25.6 Å². The van der Waals surface area contributed by atoms with Crippen molar-refractivity contribution in [3.05, 3.63) is 48.0 Å². The summed E-state index contributed by atoms with van der Waals surface area (Å²) in [5, 5.41) is 20.9. The van der Waals surface area contributed by atoms with Gasteiger partial charge in [-0.25, -0.2) is 0 Å². The summed E-state index contributed by atoms with van der Waals surface area (Å²) >= 11 is 0. The third kappa shape index (κ3) is 4.18. The number of carboxylic acid groups (broad SMARTS) is 1. The van der Waals surface area contributed by atoms with E-state index in [4.69, 9.17) is 10.8 Å². The second-order valence-electron chi connectivity index (χ2n) is 7.19. The molecule has 0 spiro atoms. The largest absolute Gasteiger partial charge is 0.480 e. The Bertz CT molecular complexity index is 954. The van der Waals surface area contributed by atoms with Crippen LogP contribution in [0.25, 0.3) is 10.8 Å². The summed E-state index contributed by atoms with van der Waals surface area (Å²) in [6.07, 6.45) is -0.793. The van der Waals surface area contributed by atoms with Crippen LogP contribution in [0.2, 0.25) is 0 Å². The van der Waals surface area contributed by atoms with Crippen molar-refractivity contribution in [2.24, 2.45) is 11.7 Å². The SMILES string of the molecule is NC(C(=O)O)[C@@H](C=O)C(=O)[C@@H]1C[C@@H](O)CN1C(=O)Cc1cccc2ccccc12. The fourth-order valence-corrected chi connectivity index (χ4v) is 3.77. The van der Waals surface area contributed by atoms with E-state index in [1.54, 1.807) is 0 Å². The molecular weight excluding hydrogens is 376 g/mol. The van der Waals surface area contributed by atoms with Gasteiger partial charge in [-0.3, -0.25) is 14.4 Å². The number of aliphatic hydroxyl groups excluding tert-OH is 1. The Balaban J connectivity index is 1.84. The van der Waals surface area contributed by atoms with Crippen molar-refractivity contribution >= 4 is 34.7 Å². The van der Waals surface area contributed by atoms with Gasteiger partial charge in [-0.2, -0.15) is 0 Å². The van der Waals surface area contributed by atoms with Gasteiger partial charge < -0.3 is 25.6 Å². The fourth-order valence-electron chi connectivity index (χ4n) is 3.77. The molecule has 8 heteroatoms. The molecule has 3 rings (SSSR count). The normalized spacial score (nSPS) is 21.0. The van der Waals surface area contributed by atoms with E-state index in [1.807, 2.05) is 42.5 Å². The van der Waals surface area contributed by atoms with Gasteiger partial charge in [-0.15, -0.1) is 0 Å². The van der Waals surface area contributed by atoms with Crippen LogP contribution in [0.1, 0.15) is 12.0 Å². The van der Waals surface area contributed by atoms with Crippen molar-refractivity contribution in [1.82, 2.24) is 4.90 Å². The number of carboxylic acids is 1. The number of aliphatic hydroxyl groups is 1. The lowest BCUT2D eigenvalue weighted by atomic mass is 9.91. The van der Waals surface area contributed by atoms with Gasteiger partial charge >= 0.3 is 5.97 Å². The first kappa shape index (κ1) is 20.6. The lowest BCUT2D eigenvalue weighted by Gasteiger charge is -2.26. The lowest BCUT2D eigenvalue weighted by molar-refractivity contribution is -0.146. The predicted octanol–water partition coefficient (Wildman–Crippen LogP) is 0.140. The summed E-state index contributed by atoms with van der Waals surface area (Å²) in [4.78, 5) is 49.4. The van der Waals surface area contributed by atoms with Gasteiger partial charge in [0.05, 0.1) is 18.6 Å². The maximum absolute atomic E-state index is 13.0. The maximum Gasteiger partial charge on any atom is 0.321 e. The van der Waals surface area contributed by atoms with Crippen LogP contribution in [0.4, 0.5) is 0 Å². The van der Waals surface area contributed by atoms with E-state index in [2.05, 4.69) is 0 Å². The molecule has 1 heterocycles. The van der Waals surface area contributed by atoms with Crippen molar-refractivity contribution < 1.29 is 29.4 Å². The molecule has 0 aliphatic carbocycles. The van der Waals surface area contributed by atoms with Gasteiger partial charge in [0.2, 0.25) is 5.91 Å². The van der Waals surface area contributed by atoms with Crippen LogP contribution in [0, 0.1) is 5.92 Å². The van der Waals surface area contributed by atoms with E-state index in [-0.39, 0.29) is 31.6 Å². The number of ketones is 1. The quantitative estimate of drug-likeness (QED) is 0.445. The highest BCUT2D eigenvalue weighted by molar-refractivity contribution is 6.03. The number of nitrogens with zero attached hydrogens (tertiary/aromatic N) is 1. The molecule has 1 aliphatic heterocycles. The average Bonchev–Trinajstić information content (AvgIpc) is 3.10. The van der Waals surface area contributed by atoms with E-state index in [9.17, 15) is 24.3 Å². The number of aldehydes is 1. The third-order valence-electron chi connectivity index (χ3n) is 5.30. The summed E-state index contributed by atoms with van der Waals surface area (Å²) < 4.78 is 0. The topological polar surface area (TPSA) is 138 Å². The van der Waals surface area contributed by atoms with E-state index >= 15 is 0 Å². The number of likely N-dealkylation sites (tertiary alicyclic amines) is 1. The molecular formula is C21H22N2O6. The Morgan fingerprint density at radius 2 is 1.86 bits per heavy atom. The zero-order chi connectivity index (χ0) is 21.1. The summed E-state index contributed by atoms with van der Waals surface area (Å²) in [7, 11) is 0.